The van der Waals surface area contributed by atoms with Crippen LogP contribution in [0.1, 0.15) is 22.6 Å². The summed E-state index contributed by atoms with van der Waals surface area (Å²) in [6, 6.07) is 28.8. The molecule has 0 amide bonds. The largest absolute Gasteiger partial charge is 0.486 e. The second-order valence-corrected chi connectivity index (χ2v) is 6.46. The van der Waals surface area contributed by atoms with E-state index in [1.165, 1.54) is 5.56 Å². The first-order valence-electron chi connectivity index (χ1n) is 9.08. The van der Waals surface area contributed by atoms with Crippen LogP contribution >= 0.6 is 0 Å². The number of aromatic nitrogens is 1. The molecular formula is C25H21NO. The first kappa shape index (κ1) is 17.0. The third-order valence-corrected chi connectivity index (χ3v) is 4.71. The zero-order chi connectivity index (χ0) is 18.5. The first-order valence-corrected chi connectivity index (χ1v) is 9.08. The summed E-state index contributed by atoms with van der Waals surface area (Å²) in [7, 11) is 0. The minimum absolute atomic E-state index is 0.0448. The van der Waals surface area contributed by atoms with E-state index >= 15 is 0 Å². The van der Waals surface area contributed by atoms with E-state index in [2.05, 4.69) is 66.2 Å². The Morgan fingerprint density at radius 3 is 2.33 bits per heavy atom. The van der Waals surface area contributed by atoms with Crippen LogP contribution in [-0.2, 0) is 6.61 Å². The summed E-state index contributed by atoms with van der Waals surface area (Å²) >= 11 is 0. The lowest BCUT2D eigenvalue weighted by molar-refractivity contribution is 0.306. The molecule has 0 spiro atoms. The van der Waals surface area contributed by atoms with Crippen LogP contribution in [0.3, 0.4) is 0 Å². The van der Waals surface area contributed by atoms with Crippen LogP contribution in [-0.4, -0.2) is 4.98 Å². The number of ether oxygens (including phenoxy) is 1. The van der Waals surface area contributed by atoms with Crippen molar-refractivity contribution in [2.24, 2.45) is 0 Å². The van der Waals surface area contributed by atoms with Gasteiger partial charge in [0, 0.05) is 23.1 Å². The molecule has 0 bridgehead atoms. The monoisotopic (exact) mass is 351 g/mol. The topological polar surface area (TPSA) is 22.1 Å². The quantitative estimate of drug-likeness (QED) is 0.390. The number of rotatable bonds is 6. The van der Waals surface area contributed by atoms with Crippen molar-refractivity contribution in [1.29, 1.82) is 0 Å². The van der Waals surface area contributed by atoms with Crippen molar-refractivity contribution < 1.29 is 4.74 Å². The van der Waals surface area contributed by atoms with Crippen LogP contribution < -0.4 is 4.74 Å². The molecule has 4 aromatic rings. The molecule has 2 heteroatoms. The average molecular weight is 351 g/mol. The summed E-state index contributed by atoms with van der Waals surface area (Å²) < 4.78 is 6.33. The SMILES string of the molecule is C=CC(c1ccccc1)c1ccc2cccnc2c1OCc1ccccc1. The van der Waals surface area contributed by atoms with E-state index in [9.17, 15) is 0 Å². The fourth-order valence-corrected chi connectivity index (χ4v) is 3.36. The van der Waals surface area contributed by atoms with Crippen LogP contribution in [0.5, 0.6) is 5.75 Å². The lowest BCUT2D eigenvalue weighted by Crippen LogP contribution is -2.04. The number of fused-ring (bicyclic) bond motifs is 1. The van der Waals surface area contributed by atoms with E-state index in [0.29, 0.717) is 6.61 Å². The van der Waals surface area contributed by atoms with E-state index in [1.54, 1.807) is 0 Å². The molecule has 1 atom stereocenters. The fraction of sp³-hybridized carbons (Fsp3) is 0.0800. The molecule has 0 aliphatic rings. The maximum Gasteiger partial charge on any atom is 0.150 e. The maximum atomic E-state index is 6.33. The Bertz CT molecular complexity index is 1040. The van der Waals surface area contributed by atoms with Crippen molar-refractivity contribution in [3.8, 4) is 5.75 Å². The lowest BCUT2D eigenvalue weighted by atomic mass is 9.90. The molecule has 0 fully saturated rings. The van der Waals surface area contributed by atoms with Gasteiger partial charge in [-0.15, -0.1) is 6.58 Å². The van der Waals surface area contributed by atoms with E-state index in [0.717, 1.165) is 27.8 Å². The van der Waals surface area contributed by atoms with Gasteiger partial charge in [0.2, 0.25) is 0 Å². The molecule has 1 aromatic heterocycles. The number of hydrogen-bond acceptors (Lipinski definition) is 2. The number of allylic oxidation sites excluding steroid dienone is 1. The molecule has 132 valence electrons. The number of pyridine rings is 1. The van der Waals surface area contributed by atoms with Gasteiger partial charge in [0.15, 0.2) is 0 Å². The Morgan fingerprint density at radius 1 is 0.852 bits per heavy atom. The van der Waals surface area contributed by atoms with Gasteiger partial charge in [-0.3, -0.25) is 4.98 Å². The zero-order valence-corrected chi connectivity index (χ0v) is 15.1. The Hall–Kier alpha value is -3.39. The van der Waals surface area contributed by atoms with Gasteiger partial charge in [-0.1, -0.05) is 84.9 Å². The number of hydrogen-bond donors (Lipinski definition) is 0. The van der Waals surface area contributed by atoms with Crippen LogP contribution in [0.4, 0.5) is 0 Å². The summed E-state index contributed by atoms with van der Waals surface area (Å²) in [5.74, 6) is 0.870. The fourth-order valence-electron chi connectivity index (χ4n) is 3.36. The minimum atomic E-state index is 0.0448. The molecule has 0 saturated heterocycles. The highest BCUT2D eigenvalue weighted by Crippen LogP contribution is 2.37. The van der Waals surface area contributed by atoms with Gasteiger partial charge in [0.25, 0.3) is 0 Å². The van der Waals surface area contributed by atoms with Gasteiger partial charge in [-0.05, 0) is 17.2 Å². The molecule has 0 aliphatic carbocycles. The molecule has 0 aliphatic heterocycles. The minimum Gasteiger partial charge on any atom is -0.486 e. The Balaban J connectivity index is 1.80. The van der Waals surface area contributed by atoms with Crippen molar-refractivity contribution in [2.75, 3.05) is 0 Å². The third kappa shape index (κ3) is 3.61. The molecule has 2 nitrogen and oxygen atoms in total. The van der Waals surface area contributed by atoms with Gasteiger partial charge < -0.3 is 4.74 Å². The smallest absolute Gasteiger partial charge is 0.150 e. The highest BCUT2D eigenvalue weighted by Gasteiger charge is 2.18. The van der Waals surface area contributed by atoms with Gasteiger partial charge >= 0.3 is 0 Å². The second-order valence-electron chi connectivity index (χ2n) is 6.46. The van der Waals surface area contributed by atoms with Crippen molar-refractivity contribution in [1.82, 2.24) is 4.98 Å². The number of nitrogens with zero attached hydrogens (tertiary/aromatic N) is 1. The number of benzene rings is 3. The van der Waals surface area contributed by atoms with Crippen LogP contribution in [0.25, 0.3) is 10.9 Å². The van der Waals surface area contributed by atoms with Crippen molar-refractivity contribution in [3.05, 3.63) is 120 Å². The molecule has 27 heavy (non-hydrogen) atoms. The van der Waals surface area contributed by atoms with E-state index < -0.39 is 0 Å². The predicted octanol–water partition coefficient (Wildman–Crippen LogP) is 6.13. The summed E-state index contributed by atoms with van der Waals surface area (Å²) in [5, 5.41) is 1.07. The summed E-state index contributed by atoms with van der Waals surface area (Å²) in [6.07, 6.45) is 3.78. The molecule has 1 unspecified atom stereocenters. The van der Waals surface area contributed by atoms with E-state index in [4.69, 9.17) is 4.74 Å². The van der Waals surface area contributed by atoms with Crippen LogP contribution in [0.2, 0.25) is 0 Å². The van der Waals surface area contributed by atoms with Gasteiger partial charge in [0.1, 0.15) is 17.9 Å². The van der Waals surface area contributed by atoms with Crippen molar-refractivity contribution in [3.63, 3.8) is 0 Å². The Morgan fingerprint density at radius 2 is 1.59 bits per heavy atom. The third-order valence-electron chi connectivity index (χ3n) is 4.71. The van der Waals surface area contributed by atoms with Gasteiger partial charge in [0.05, 0.1) is 0 Å². The van der Waals surface area contributed by atoms with E-state index in [1.807, 2.05) is 42.6 Å². The lowest BCUT2D eigenvalue weighted by Gasteiger charge is -2.20. The van der Waals surface area contributed by atoms with Crippen molar-refractivity contribution >= 4 is 10.9 Å². The van der Waals surface area contributed by atoms with Gasteiger partial charge in [-0.25, -0.2) is 0 Å². The average Bonchev–Trinajstić information content (AvgIpc) is 2.75. The zero-order valence-electron chi connectivity index (χ0n) is 15.1. The summed E-state index contributed by atoms with van der Waals surface area (Å²) in [5.41, 5.74) is 4.28. The van der Waals surface area contributed by atoms with Crippen LogP contribution in [0, 0.1) is 0 Å². The first-order chi connectivity index (χ1) is 13.4. The maximum absolute atomic E-state index is 6.33. The Labute approximate surface area is 159 Å². The van der Waals surface area contributed by atoms with Crippen molar-refractivity contribution in [2.45, 2.75) is 12.5 Å². The highest BCUT2D eigenvalue weighted by molar-refractivity contribution is 5.86. The molecule has 0 saturated carbocycles. The molecule has 1 heterocycles. The van der Waals surface area contributed by atoms with Crippen LogP contribution in [0.15, 0.2) is 104 Å². The summed E-state index contributed by atoms with van der Waals surface area (Å²) in [4.78, 5) is 4.61. The standard InChI is InChI=1S/C25H21NO/c1-2-22(20-12-7-4-8-13-20)23-16-15-21-14-9-17-26-24(21)25(23)27-18-19-10-5-3-6-11-19/h2-17,22H,1,18H2. The Kier molecular flexibility index (Phi) is 4.97. The molecule has 3 aromatic carbocycles. The second kappa shape index (κ2) is 7.88. The molecule has 0 radical (unpaired) electrons. The molecule has 4 rings (SSSR count). The highest BCUT2D eigenvalue weighted by atomic mass is 16.5. The predicted molar refractivity (Wildman–Crippen MR) is 111 cm³/mol. The van der Waals surface area contributed by atoms with Gasteiger partial charge in [-0.2, -0.15) is 0 Å². The normalized spacial score (nSPS) is 11.9. The summed E-state index contributed by atoms with van der Waals surface area (Å²) in [6.45, 7) is 4.58. The van der Waals surface area contributed by atoms with E-state index in [-0.39, 0.29) is 5.92 Å². The molecular weight excluding hydrogens is 330 g/mol. The molecule has 0 N–H and O–H groups in total.